The summed E-state index contributed by atoms with van der Waals surface area (Å²) in [6.45, 7) is 8.83. The molecule has 0 aliphatic carbocycles. The van der Waals surface area contributed by atoms with Crippen molar-refractivity contribution in [1.82, 2.24) is 10.2 Å². The fourth-order valence-corrected chi connectivity index (χ4v) is 3.32. The van der Waals surface area contributed by atoms with Gasteiger partial charge in [0.25, 0.3) is 0 Å². The Morgan fingerprint density at radius 1 is 1.29 bits per heavy atom. The summed E-state index contributed by atoms with van der Waals surface area (Å²) in [7, 11) is 0. The number of benzene rings is 1. The van der Waals surface area contributed by atoms with Gasteiger partial charge in [-0.15, -0.1) is 0 Å². The Bertz CT molecular complexity index is 568. The summed E-state index contributed by atoms with van der Waals surface area (Å²) in [6, 6.07) is 6.03. The SMILES string of the molecule is CC(C)CN(Cc1ccc2c(c1)OCCCO2)C(=O)C1CCNC1. The number of hydrogen-bond donors (Lipinski definition) is 1. The molecular weight excluding hydrogens is 304 g/mol. The number of ether oxygens (including phenoxy) is 2. The Hall–Kier alpha value is -1.75. The van der Waals surface area contributed by atoms with Crippen molar-refractivity contribution in [2.24, 2.45) is 11.8 Å². The maximum atomic E-state index is 12.9. The van der Waals surface area contributed by atoms with Crippen LogP contribution in [0, 0.1) is 11.8 Å². The first-order valence-corrected chi connectivity index (χ1v) is 9.01. The van der Waals surface area contributed by atoms with Crippen molar-refractivity contribution in [2.45, 2.75) is 33.2 Å². The minimum absolute atomic E-state index is 0.115. The fourth-order valence-electron chi connectivity index (χ4n) is 3.32. The molecule has 0 radical (unpaired) electrons. The van der Waals surface area contributed by atoms with Gasteiger partial charge in [-0.2, -0.15) is 0 Å². The molecule has 24 heavy (non-hydrogen) atoms. The molecule has 5 nitrogen and oxygen atoms in total. The Kier molecular flexibility index (Phi) is 5.61. The molecule has 0 saturated carbocycles. The van der Waals surface area contributed by atoms with E-state index in [1.54, 1.807) is 0 Å². The van der Waals surface area contributed by atoms with Crippen molar-refractivity contribution in [1.29, 1.82) is 0 Å². The van der Waals surface area contributed by atoms with Crippen LogP contribution in [-0.2, 0) is 11.3 Å². The molecule has 1 aromatic rings. The van der Waals surface area contributed by atoms with Crippen molar-refractivity contribution in [3.8, 4) is 11.5 Å². The van der Waals surface area contributed by atoms with Crippen LogP contribution in [0.2, 0.25) is 0 Å². The molecule has 1 aromatic carbocycles. The summed E-state index contributed by atoms with van der Waals surface area (Å²) < 4.78 is 11.5. The highest BCUT2D eigenvalue weighted by Gasteiger charge is 2.27. The second kappa shape index (κ2) is 7.88. The lowest BCUT2D eigenvalue weighted by Crippen LogP contribution is -2.38. The van der Waals surface area contributed by atoms with Crippen LogP contribution in [0.3, 0.4) is 0 Å². The summed E-state index contributed by atoms with van der Waals surface area (Å²) >= 11 is 0. The van der Waals surface area contributed by atoms with E-state index in [-0.39, 0.29) is 11.8 Å². The minimum atomic E-state index is 0.115. The van der Waals surface area contributed by atoms with Gasteiger partial charge >= 0.3 is 0 Å². The van der Waals surface area contributed by atoms with E-state index in [0.29, 0.717) is 25.7 Å². The first-order valence-electron chi connectivity index (χ1n) is 9.01. The summed E-state index contributed by atoms with van der Waals surface area (Å²) in [5.41, 5.74) is 1.10. The lowest BCUT2D eigenvalue weighted by atomic mass is 10.0. The number of rotatable bonds is 5. The van der Waals surface area contributed by atoms with E-state index in [9.17, 15) is 4.79 Å². The van der Waals surface area contributed by atoms with E-state index in [0.717, 1.165) is 49.5 Å². The lowest BCUT2D eigenvalue weighted by molar-refractivity contribution is -0.136. The first-order chi connectivity index (χ1) is 11.6. The molecule has 1 N–H and O–H groups in total. The zero-order valence-electron chi connectivity index (χ0n) is 14.7. The van der Waals surface area contributed by atoms with E-state index in [1.807, 2.05) is 23.1 Å². The summed E-state index contributed by atoms with van der Waals surface area (Å²) in [5.74, 6) is 2.43. The van der Waals surface area contributed by atoms with E-state index in [1.165, 1.54) is 0 Å². The van der Waals surface area contributed by atoms with Crippen molar-refractivity contribution in [3.05, 3.63) is 23.8 Å². The van der Waals surface area contributed by atoms with Crippen molar-refractivity contribution >= 4 is 5.91 Å². The third kappa shape index (κ3) is 4.20. The van der Waals surface area contributed by atoms with Crippen LogP contribution < -0.4 is 14.8 Å². The van der Waals surface area contributed by atoms with Gasteiger partial charge in [0, 0.05) is 26.1 Å². The molecule has 2 heterocycles. The molecule has 0 spiro atoms. The van der Waals surface area contributed by atoms with Crippen molar-refractivity contribution in [2.75, 3.05) is 32.8 Å². The van der Waals surface area contributed by atoms with Crippen molar-refractivity contribution < 1.29 is 14.3 Å². The van der Waals surface area contributed by atoms with Crippen LogP contribution in [0.15, 0.2) is 18.2 Å². The standard InChI is InChI=1S/C19H28N2O3/c1-14(2)12-21(19(22)16-6-7-20-11-16)13-15-4-5-17-18(10-15)24-9-3-8-23-17/h4-5,10,14,16,20H,3,6-9,11-13H2,1-2H3. The molecule has 1 amide bonds. The van der Waals surface area contributed by atoms with Gasteiger partial charge < -0.3 is 19.7 Å². The van der Waals surface area contributed by atoms with E-state index >= 15 is 0 Å². The van der Waals surface area contributed by atoms with Gasteiger partial charge in [-0.3, -0.25) is 4.79 Å². The van der Waals surface area contributed by atoms with Gasteiger partial charge in [0.05, 0.1) is 19.1 Å². The van der Waals surface area contributed by atoms with Gasteiger partial charge in [-0.1, -0.05) is 19.9 Å². The van der Waals surface area contributed by atoms with E-state index < -0.39 is 0 Å². The minimum Gasteiger partial charge on any atom is -0.490 e. The van der Waals surface area contributed by atoms with Gasteiger partial charge in [0.15, 0.2) is 11.5 Å². The molecule has 1 saturated heterocycles. The van der Waals surface area contributed by atoms with Gasteiger partial charge in [-0.25, -0.2) is 0 Å². The predicted octanol–water partition coefficient (Wildman–Crippen LogP) is 2.44. The fraction of sp³-hybridized carbons (Fsp3) is 0.632. The first kappa shape index (κ1) is 17.1. The third-order valence-electron chi connectivity index (χ3n) is 4.49. The van der Waals surface area contributed by atoms with Crippen LogP contribution in [0.25, 0.3) is 0 Å². The maximum Gasteiger partial charge on any atom is 0.227 e. The molecule has 1 fully saturated rings. The number of carbonyl (C=O) groups is 1. The Balaban J connectivity index is 1.74. The quantitative estimate of drug-likeness (QED) is 0.900. The summed E-state index contributed by atoms with van der Waals surface area (Å²) in [4.78, 5) is 14.9. The summed E-state index contributed by atoms with van der Waals surface area (Å²) in [6.07, 6.45) is 1.84. The third-order valence-corrected chi connectivity index (χ3v) is 4.49. The highest BCUT2D eigenvalue weighted by Crippen LogP contribution is 2.31. The number of nitrogens with zero attached hydrogens (tertiary/aromatic N) is 1. The smallest absolute Gasteiger partial charge is 0.227 e. The van der Waals surface area contributed by atoms with E-state index in [2.05, 4.69) is 19.2 Å². The Morgan fingerprint density at radius 2 is 2.08 bits per heavy atom. The maximum absolute atomic E-state index is 12.9. The van der Waals surface area contributed by atoms with Crippen LogP contribution in [0.4, 0.5) is 0 Å². The summed E-state index contributed by atoms with van der Waals surface area (Å²) in [5, 5.41) is 3.29. The largest absolute Gasteiger partial charge is 0.490 e. The molecule has 2 aliphatic rings. The van der Waals surface area contributed by atoms with Crippen LogP contribution in [0.1, 0.15) is 32.3 Å². The van der Waals surface area contributed by atoms with Crippen LogP contribution in [-0.4, -0.2) is 43.7 Å². The van der Waals surface area contributed by atoms with Crippen LogP contribution >= 0.6 is 0 Å². The average molecular weight is 332 g/mol. The molecular formula is C19H28N2O3. The lowest BCUT2D eigenvalue weighted by Gasteiger charge is -2.27. The molecule has 1 unspecified atom stereocenters. The molecule has 0 bridgehead atoms. The number of hydrogen-bond acceptors (Lipinski definition) is 4. The highest BCUT2D eigenvalue weighted by atomic mass is 16.5. The molecule has 2 aliphatic heterocycles. The monoisotopic (exact) mass is 332 g/mol. The molecule has 5 heteroatoms. The zero-order chi connectivity index (χ0) is 16.9. The average Bonchev–Trinajstić information content (AvgIpc) is 2.99. The topological polar surface area (TPSA) is 50.8 Å². The number of carbonyl (C=O) groups excluding carboxylic acids is 1. The zero-order valence-corrected chi connectivity index (χ0v) is 14.7. The number of amides is 1. The van der Waals surface area contributed by atoms with Gasteiger partial charge in [0.2, 0.25) is 5.91 Å². The van der Waals surface area contributed by atoms with Crippen molar-refractivity contribution in [3.63, 3.8) is 0 Å². The predicted molar refractivity (Wildman–Crippen MR) is 93.3 cm³/mol. The Morgan fingerprint density at radius 3 is 2.79 bits per heavy atom. The normalized spacial score (nSPS) is 20.0. The van der Waals surface area contributed by atoms with E-state index in [4.69, 9.17) is 9.47 Å². The van der Waals surface area contributed by atoms with Gasteiger partial charge in [-0.05, 0) is 36.6 Å². The molecule has 1 atom stereocenters. The number of fused-ring (bicyclic) bond motifs is 1. The second-order valence-electron chi connectivity index (χ2n) is 7.13. The molecule has 0 aromatic heterocycles. The van der Waals surface area contributed by atoms with Crippen LogP contribution in [0.5, 0.6) is 11.5 Å². The second-order valence-corrected chi connectivity index (χ2v) is 7.13. The Labute approximate surface area is 144 Å². The van der Waals surface area contributed by atoms with Gasteiger partial charge in [0.1, 0.15) is 0 Å². The number of nitrogens with one attached hydrogen (secondary N) is 1. The molecule has 132 valence electrons. The highest BCUT2D eigenvalue weighted by molar-refractivity contribution is 5.79. The molecule has 3 rings (SSSR count).